The Labute approximate surface area is 130 Å². The molecule has 1 atom stereocenters. The van der Waals surface area contributed by atoms with Crippen LogP contribution in [0.5, 0.6) is 0 Å². The molecule has 0 aliphatic heterocycles. The predicted molar refractivity (Wildman–Crippen MR) is 84.9 cm³/mol. The van der Waals surface area contributed by atoms with E-state index in [2.05, 4.69) is 25.3 Å². The molecule has 4 rings (SSSR count). The molecule has 1 unspecified atom stereocenters. The molecule has 0 aliphatic rings. The van der Waals surface area contributed by atoms with E-state index in [-0.39, 0.29) is 6.04 Å². The van der Waals surface area contributed by atoms with Crippen LogP contribution in [0.2, 0.25) is 5.02 Å². The second-order valence-corrected chi connectivity index (χ2v) is 5.46. The molecule has 0 amide bonds. The summed E-state index contributed by atoms with van der Waals surface area (Å²) in [4.78, 5) is 15.5. The van der Waals surface area contributed by atoms with Crippen LogP contribution in [0.1, 0.15) is 18.7 Å². The van der Waals surface area contributed by atoms with Crippen molar-refractivity contribution in [3.63, 3.8) is 0 Å². The minimum atomic E-state index is -0.0624. The summed E-state index contributed by atoms with van der Waals surface area (Å²) in [5, 5.41) is 4.98. The maximum atomic E-state index is 6.00. The summed E-state index contributed by atoms with van der Waals surface area (Å²) < 4.78 is 5.86. The van der Waals surface area contributed by atoms with Crippen molar-refractivity contribution in [3.05, 3.63) is 47.7 Å². The summed E-state index contributed by atoms with van der Waals surface area (Å²) in [6, 6.07) is 7.48. The molecule has 7 heteroatoms. The van der Waals surface area contributed by atoms with Crippen molar-refractivity contribution in [1.82, 2.24) is 19.9 Å². The largest absolute Gasteiger partial charge is 0.459 e. The number of nitrogens with zero attached hydrogens (tertiary/aromatic N) is 3. The third kappa shape index (κ3) is 2.17. The van der Waals surface area contributed by atoms with Crippen molar-refractivity contribution in [3.8, 4) is 0 Å². The molecular formula is C15H12ClN5O. The van der Waals surface area contributed by atoms with E-state index in [1.807, 2.05) is 31.2 Å². The van der Waals surface area contributed by atoms with Gasteiger partial charge in [-0.2, -0.15) is 0 Å². The molecule has 0 bridgehead atoms. The average molecular weight is 314 g/mol. The number of hydrogen-bond donors (Lipinski definition) is 2. The molecule has 3 heterocycles. The highest BCUT2D eigenvalue weighted by Crippen LogP contribution is 2.28. The number of aromatic amines is 1. The van der Waals surface area contributed by atoms with Gasteiger partial charge >= 0.3 is 0 Å². The Morgan fingerprint density at radius 2 is 2.14 bits per heavy atom. The van der Waals surface area contributed by atoms with Crippen molar-refractivity contribution < 1.29 is 4.42 Å². The van der Waals surface area contributed by atoms with Crippen molar-refractivity contribution in [1.29, 1.82) is 0 Å². The van der Waals surface area contributed by atoms with Gasteiger partial charge < -0.3 is 14.7 Å². The van der Waals surface area contributed by atoms with Gasteiger partial charge in [0.25, 0.3) is 0 Å². The summed E-state index contributed by atoms with van der Waals surface area (Å²) in [6.07, 6.45) is 3.08. The number of imidazole rings is 1. The number of anilines is 1. The van der Waals surface area contributed by atoms with Crippen molar-refractivity contribution in [2.75, 3.05) is 5.32 Å². The third-order valence-corrected chi connectivity index (χ3v) is 3.74. The zero-order valence-electron chi connectivity index (χ0n) is 11.7. The van der Waals surface area contributed by atoms with Crippen molar-refractivity contribution in [2.24, 2.45) is 0 Å². The van der Waals surface area contributed by atoms with Gasteiger partial charge in [0.15, 0.2) is 11.5 Å². The van der Waals surface area contributed by atoms with Crippen LogP contribution in [0.4, 0.5) is 5.82 Å². The molecule has 110 valence electrons. The van der Waals surface area contributed by atoms with Crippen molar-refractivity contribution >= 4 is 39.6 Å². The van der Waals surface area contributed by atoms with Gasteiger partial charge in [-0.1, -0.05) is 11.6 Å². The first-order valence-electron chi connectivity index (χ1n) is 6.80. The van der Waals surface area contributed by atoms with E-state index in [9.17, 15) is 0 Å². The minimum Gasteiger partial charge on any atom is -0.459 e. The Bertz CT molecular complexity index is 961. The van der Waals surface area contributed by atoms with Gasteiger partial charge in [0, 0.05) is 10.4 Å². The van der Waals surface area contributed by atoms with Crippen LogP contribution in [-0.4, -0.2) is 19.9 Å². The van der Waals surface area contributed by atoms with E-state index in [1.54, 1.807) is 6.33 Å². The molecule has 0 saturated carbocycles. The lowest BCUT2D eigenvalue weighted by molar-refractivity contribution is 0.526. The zero-order chi connectivity index (χ0) is 15.1. The van der Waals surface area contributed by atoms with Gasteiger partial charge in [-0.25, -0.2) is 15.0 Å². The van der Waals surface area contributed by atoms with Gasteiger partial charge in [-0.05, 0) is 31.2 Å². The molecule has 22 heavy (non-hydrogen) atoms. The molecule has 0 saturated heterocycles. The van der Waals surface area contributed by atoms with E-state index >= 15 is 0 Å². The predicted octanol–water partition coefficient (Wildman–Crippen LogP) is 3.93. The van der Waals surface area contributed by atoms with Crippen LogP contribution in [0.3, 0.4) is 0 Å². The number of furan rings is 1. The van der Waals surface area contributed by atoms with E-state index in [0.29, 0.717) is 16.5 Å². The second kappa shape index (κ2) is 4.99. The topological polar surface area (TPSA) is 79.6 Å². The molecule has 0 radical (unpaired) electrons. The van der Waals surface area contributed by atoms with E-state index < -0.39 is 0 Å². The standard InChI is InChI=1S/C15H12ClN5O/c1-8(12-5-9-4-10(16)2-3-11(9)22-12)21-15-13-14(18-6-17-13)19-7-20-15/h2-8H,1H3,(H2,17,18,19,20,21). The first-order valence-corrected chi connectivity index (χ1v) is 7.18. The monoisotopic (exact) mass is 313 g/mol. The van der Waals surface area contributed by atoms with Gasteiger partial charge in [0.1, 0.15) is 23.2 Å². The Morgan fingerprint density at radius 3 is 3.05 bits per heavy atom. The third-order valence-electron chi connectivity index (χ3n) is 3.50. The highest BCUT2D eigenvalue weighted by atomic mass is 35.5. The minimum absolute atomic E-state index is 0.0624. The summed E-state index contributed by atoms with van der Waals surface area (Å²) in [5.74, 6) is 1.50. The first-order chi connectivity index (χ1) is 10.7. The highest BCUT2D eigenvalue weighted by molar-refractivity contribution is 6.31. The molecule has 4 aromatic rings. The van der Waals surface area contributed by atoms with E-state index in [1.165, 1.54) is 6.33 Å². The zero-order valence-corrected chi connectivity index (χ0v) is 12.4. The molecule has 2 N–H and O–H groups in total. The SMILES string of the molecule is CC(Nc1ncnc2nc[nH]c12)c1cc2cc(Cl)ccc2o1. The van der Waals surface area contributed by atoms with Crippen LogP contribution in [0, 0.1) is 0 Å². The number of nitrogens with one attached hydrogen (secondary N) is 2. The normalized spacial score (nSPS) is 12.8. The summed E-state index contributed by atoms with van der Waals surface area (Å²) in [5.41, 5.74) is 2.21. The quantitative estimate of drug-likeness (QED) is 0.599. The average Bonchev–Trinajstić information content (AvgIpc) is 3.13. The maximum Gasteiger partial charge on any atom is 0.182 e. The van der Waals surface area contributed by atoms with Gasteiger partial charge in [0.2, 0.25) is 0 Å². The fourth-order valence-electron chi connectivity index (χ4n) is 2.40. The molecule has 0 spiro atoms. The lowest BCUT2D eigenvalue weighted by Crippen LogP contribution is -2.07. The molecule has 6 nitrogen and oxygen atoms in total. The molecular weight excluding hydrogens is 302 g/mol. The Hall–Kier alpha value is -2.60. The lowest BCUT2D eigenvalue weighted by atomic mass is 10.2. The van der Waals surface area contributed by atoms with Gasteiger partial charge in [-0.15, -0.1) is 0 Å². The smallest absolute Gasteiger partial charge is 0.182 e. The summed E-state index contributed by atoms with van der Waals surface area (Å²) >= 11 is 6.00. The fourth-order valence-corrected chi connectivity index (χ4v) is 2.58. The molecule has 0 fully saturated rings. The van der Waals surface area contributed by atoms with Crippen LogP contribution < -0.4 is 5.32 Å². The Kier molecular flexibility index (Phi) is 2.97. The molecule has 0 aliphatic carbocycles. The van der Waals surface area contributed by atoms with Crippen LogP contribution in [0.25, 0.3) is 22.1 Å². The number of rotatable bonds is 3. The molecule has 3 aromatic heterocycles. The highest BCUT2D eigenvalue weighted by Gasteiger charge is 2.14. The second-order valence-electron chi connectivity index (χ2n) is 5.02. The number of H-pyrrole nitrogens is 1. The maximum absolute atomic E-state index is 6.00. The number of fused-ring (bicyclic) bond motifs is 2. The summed E-state index contributed by atoms with van der Waals surface area (Å²) in [7, 11) is 0. The number of benzene rings is 1. The van der Waals surface area contributed by atoms with Gasteiger partial charge in [-0.3, -0.25) is 0 Å². The number of halogens is 1. The van der Waals surface area contributed by atoms with Crippen LogP contribution >= 0.6 is 11.6 Å². The van der Waals surface area contributed by atoms with Crippen molar-refractivity contribution in [2.45, 2.75) is 13.0 Å². The number of aromatic nitrogens is 4. The summed E-state index contributed by atoms with van der Waals surface area (Å²) in [6.45, 7) is 2.00. The van der Waals surface area contributed by atoms with Gasteiger partial charge in [0.05, 0.1) is 12.4 Å². The fraction of sp³-hybridized carbons (Fsp3) is 0.133. The van der Waals surface area contributed by atoms with E-state index in [4.69, 9.17) is 16.0 Å². The lowest BCUT2D eigenvalue weighted by Gasteiger charge is -2.11. The number of hydrogen-bond acceptors (Lipinski definition) is 5. The Balaban J connectivity index is 1.68. The first kappa shape index (κ1) is 13.1. The Morgan fingerprint density at radius 1 is 1.23 bits per heavy atom. The van der Waals surface area contributed by atoms with Crippen LogP contribution in [-0.2, 0) is 0 Å². The van der Waals surface area contributed by atoms with E-state index in [0.717, 1.165) is 22.2 Å². The van der Waals surface area contributed by atoms with Crippen LogP contribution in [0.15, 0.2) is 41.3 Å². The molecule has 1 aromatic carbocycles.